The Balaban J connectivity index is 1.62. The van der Waals surface area contributed by atoms with Crippen LogP contribution in [0.1, 0.15) is 33.3 Å². The molecule has 236 valence electrons. The van der Waals surface area contributed by atoms with E-state index in [0.717, 1.165) is 20.8 Å². The van der Waals surface area contributed by atoms with Gasteiger partial charge in [0.05, 0.1) is 12.7 Å². The predicted molar refractivity (Wildman–Crippen MR) is 141 cm³/mol. The van der Waals surface area contributed by atoms with Crippen molar-refractivity contribution < 1.29 is 67.3 Å². The van der Waals surface area contributed by atoms with Crippen molar-refractivity contribution in [2.45, 2.75) is 96.0 Å². The topological polar surface area (TPSA) is 207 Å². The Kier molecular flexibility index (Phi) is 10.0. The summed E-state index contributed by atoms with van der Waals surface area (Å²) in [5, 5.41) is 32.7. The Morgan fingerprint density at radius 3 is 2.09 bits per heavy atom. The summed E-state index contributed by atoms with van der Waals surface area (Å²) in [6, 6.07) is 5.93. The van der Waals surface area contributed by atoms with Crippen molar-refractivity contribution >= 4 is 28.9 Å². The van der Waals surface area contributed by atoms with E-state index in [1.807, 2.05) is 0 Å². The first-order valence-electron chi connectivity index (χ1n) is 13.4. The third-order valence-electron chi connectivity index (χ3n) is 6.92. The van der Waals surface area contributed by atoms with Crippen molar-refractivity contribution in [2.75, 3.05) is 6.61 Å². The Morgan fingerprint density at radius 2 is 1.47 bits per heavy atom. The number of rotatable bonds is 8. The van der Waals surface area contributed by atoms with Gasteiger partial charge >= 0.3 is 23.5 Å². The van der Waals surface area contributed by atoms with Crippen LogP contribution >= 0.6 is 0 Å². The van der Waals surface area contributed by atoms with Crippen molar-refractivity contribution in [3.8, 4) is 5.75 Å². The van der Waals surface area contributed by atoms with Crippen LogP contribution in [-0.2, 0) is 42.8 Å². The Morgan fingerprint density at radius 1 is 0.837 bits per heavy atom. The fraction of sp³-hybridized carbons (Fsp3) is 0.571. The SMILES string of the molecule is CC(=O)O[C@H]1[C@H](OC(C)=O)[C@H](O[C@H]2[C@@H](O)[C@@H](CO)O[C@@H](Oc3ccc4c(C)cc(=O)oc4c3)[C@@H]2O)O[C@@H](C)[C@H]1OC(C)=O. The summed E-state index contributed by atoms with van der Waals surface area (Å²) in [5.74, 6) is -2.20. The number of carbonyl (C=O) groups excluding carboxylic acids is 3. The van der Waals surface area contributed by atoms with Gasteiger partial charge in [0, 0.05) is 38.3 Å². The normalized spacial score (nSPS) is 32.6. The molecule has 0 spiro atoms. The van der Waals surface area contributed by atoms with Gasteiger partial charge in [-0.25, -0.2) is 4.79 Å². The minimum absolute atomic E-state index is 0.122. The fourth-order valence-corrected chi connectivity index (χ4v) is 5.06. The van der Waals surface area contributed by atoms with Crippen LogP contribution in [0.4, 0.5) is 0 Å². The molecular weight excluding hydrogens is 576 g/mol. The molecule has 3 N–H and O–H groups in total. The molecule has 4 rings (SSSR count). The number of ether oxygens (including phenoxy) is 7. The molecule has 2 saturated heterocycles. The van der Waals surface area contributed by atoms with Crippen molar-refractivity contribution in [3.63, 3.8) is 0 Å². The lowest BCUT2D eigenvalue weighted by Crippen LogP contribution is -2.66. The average Bonchev–Trinajstić information content (AvgIpc) is 2.91. The molecule has 15 nitrogen and oxygen atoms in total. The number of aliphatic hydroxyl groups is 3. The molecule has 1 aromatic carbocycles. The third kappa shape index (κ3) is 7.31. The number of aryl methyl sites for hydroxylation is 1. The van der Waals surface area contributed by atoms with Gasteiger partial charge in [0.1, 0.15) is 35.7 Å². The van der Waals surface area contributed by atoms with Gasteiger partial charge in [-0.3, -0.25) is 14.4 Å². The molecule has 0 saturated carbocycles. The van der Waals surface area contributed by atoms with E-state index < -0.39 is 91.6 Å². The molecule has 10 atom stereocenters. The second-order valence-electron chi connectivity index (χ2n) is 10.3. The van der Waals surface area contributed by atoms with Crippen LogP contribution in [0.5, 0.6) is 5.75 Å². The minimum Gasteiger partial charge on any atom is -0.462 e. The zero-order chi connectivity index (χ0) is 31.6. The number of hydrogen-bond donors (Lipinski definition) is 3. The van der Waals surface area contributed by atoms with E-state index in [1.54, 1.807) is 19.1 Å². The summed E-state index contributed by atoms with van der Waals surface area (Å²) in [6.07, 6.45) is -14.4. The first kappa shape index (κ1) is 32.3. The zero-order valence-corrected chi connectivity index (χ0v) is 24.0. The smallest absolute Gasteiger partial charge is 0.336 e. The van der Waals surface area contributed by atoms with Gasteiger partial charge < -0.3 is 52.9 Å². The minimum atomic E-state index is -1.73. The van der Waals surface area contributed by atoms with Crippen LogP contribution in [0.3, 0.4) is 0 Å². The summed E-state index contributed by atoms with van der Waals surface area (Å²) >= 11 is 0. The monoisotopic (exact) mass is 610 g/mol. The number of aliphatic hydroxyl groups excluding tert-OH is 3. The Hall–Kier alpha value is -3.60. The standard InChI is InChI=1S/C28H34O15/c1-11-8-20(33)41-18-9-16(6-7-17(11)18)40-27-22(35)24(21(34)19(10-29)42-27)43-28-26(39-15(5)32)25(38-14(4)31)23(12(2)36-28)37-13(3)30/h6-9,12,19,21-29,34-35H,10H2,1-5H3/t12-,19+,21-,22+,23+,24-,25+,26-,27+,28-/m0/s1. The lowest BCUT2D eigenvalue weighted by molar-refractivity contribution is -0.350. The van der Waals surface area contributed by atoms with Crippen LogP contribution in [-0.4, -0.2) is 101 Å². The van der Waals surface area contributed by atoms with Gasteiger partial charge in [-0.1, -0.05) is 0 Å². The Labute approximate surface area is 245 Å². The first-order valence-corrected chi connectivity index (χ1v) is 13.4. The molecule has 2 aliphatic heterocycles. The molecule has 0 amide bonds. The summed E-state index contributed by atoms with van der Waals surface area (Å²) in [6.45, 7) is 5.83. The molecule has 0 radical (unpaired) electrons. The molecule has 0 bridgehead atoms. The van der Waals surface area contributed by atoms with Crippen molar-refractivity contribution in [2.24, 2.45) is 0 Å². The average molecular weight is 611 g/mol. The van der Waals surface area contributed by atoms with E-state index in [9.17, 15) is 34.5 Å². The van der Waals surface area contributed by atoms with Gasteiger partial charge in [-0.2, -0.15) is 0 Å². The van der Waals surface area contributed by atoms with Crippen LogP contribution in [0, 0.1) is 6.92 Å². The third-order valence-corrected chi connectivity index (χ3v) is 6.92. The number of esters is 3. The van der Waals surface area contributed by atoms with Gasteiger partial charge in [0.15, 0.2) is 24.6 Å². The molecular formula is C28H34O15. The van der Waals surface area contributed by atoms with Crippen LogP contribution in [0.2, 0.25) is 0 Å². The van der Waals surface area contributed by atoms with E-state index in [2.05, 4.69) is 0 Å². The quantitative estimate of drug-likeness (QED) is 0.202. The van der Waals surface area contributed by atoms with E-state index >= 15 is 0 Å². The molecule has 0 unspecified atom stereocenters. The molecule has 0 aliphatic carbocycles. The van der Waals surface area contributed by atoms with Gasteiger partial charge in [0.2, 0.25) is 6.29 Å². The van der Waals surface area contributed by atoms with Gasteiger partial charge in [0.25, 0.3) is 0 Å². The highest BCUT2D eigenvalue weighted by atomic mass is 16.8. The second-order valence-corrected chi connectivity index (χ2v) is 10.3. The highest BCUT2D eigenvalue weighted by Gasteiger charge is 2.54. The van der Waals surface area contributed by atoms with E-state index in [1.165, 1.54) is 19.1 Å². The molecule has 2 fully saturated rings. The van der Waals surface area contributed by atoms with Crippen LogP contribution in [0.25, 0.3) is 11.0 Å². The van der Waals surface area contributed by atoms with E-state index in [-0.39, 0.29) is 11.3 Å². The van der Waals surface area contributed by atoms with E-state index in [0.29, 0.717) is 10.9 Å². The van der Waals surface area contributed by atoms with Gasteiger partial charge in [-0.15, -0.1) is 0 Å². The van der Waals surface area contributed by atoms with Crippen LogP contribution < -0.4 is 10.4 Å². The lowest BCUT2D eigenvalue weighted by Gasteiger charge is -2.47. The fourth-order valence-electron chi connectivity index (χ4n) is 5.06. The number of carbonyl (C=O) groups is 3. The summed E-state index contributed by atoms with van der Waals surface area (Å²) < 4.78 is 44.4. The Bertz CT molecular complexity index is 1390. The maximum atomic E-state index is 12.0. The lowest BCUT2D eigenvalue weighted by atomic mass is 9.96. The summed E-state index contributed by atoms with van der Waals surface area (Å²) in [4.78, 5) is 47.6. The first-order chi connectivity index (χ1) is 20.3. The maximum absolute atomic E-state index is 12.0. The zero-order valence-electron chi connectivity index (χ0n) is 24.0. The molecule has 43 heavy (non-hydrogen) atoms. The number of hydrogen-bond acceptors (Lipinski definition) is 15. The molecule has 15 heteroatoms. The largest absolute Gasteiger partial charge is 0.462 e. The molecule has 3 heterocycles. The van der Waals surface area contributed by atoms with Crippen molar-refractivity contribution in [1.82, 2.24) is 0 Å². The molecule has 2 aliphatic rings. The summed E-state index contributed by atoms with van der Waals surface area (Å²) in [7, 11) is 0. The second kappa shape index (κ2) is 13.4. The van der Waals surface area contributed by atoms with Crippen molar-refractivity contribution in [1.29, 1.82) is 0 Å². The van der Waals surface area contributed by atoms with Crippen molar-refractivity contribution in [3.05, 3.63) is 40.2 Å². The maximum Gasteiger partial charge on any atom is 0.336 e. The molecule has 2 aromatic rings. The highest BCUT2D eigenvalue weighted by Crippen LogP contribution is 2.34. The summed E-state index contributed by atoms with van der Waals surface area (Å²) in [5.41, 5.74) is 0.322. The number of benzene rings is 1. The van der Waals surface area contributed by atoms with E-state index in [4.69, 9.17) is 37.6 Å². The van der Waals surface area contributed by atoms with Crippen LogP contribution in [0.15, 0.2) is 33.5 Å². The molecule has 1 aromatic heterocycles. The predicted octanol–water partition coefficient (Wildman–Crippen LogP) is -0.156. The van der Waals surface area contributed by atoms with Gasteiger partial charge in [-0.05, 0) is 31.5 Å². The highest BCUT2D eigenvalue weighted by molar-refractivity contribution is 5.81. The number of fused-ring (bicyclic) bond motifs is 1.